The van der Waals surface area contributed by atoms with E-state index in [0.717, 1.165) is 0 Å². The van der Waals surface area contributed by atoms with Crippen molar-refractivity contribution in [3.63, 3.8) is 0 Å². The summed E-state index contributed by atoms with van der Waals surface area (Å²) in [5, 5.41) is 10.8. The molecule has 0 N–H and O–H groups in total. The summed E-state index contributed by atoms with van der Waals surface area (Å²) >= 11 is 0. The molecule has 0 fully saturated rings. The van der Waals surface area contributed by atoms with Gasteiger partial charge in [0.2, 0.25) is 0 Å². The summed E-state index contributed by atoms with van der Waals surface area (Å²) in [6.45, 7) is 0.283. The molecule has 1 aliphatic heterocycles. The number of hydrogen-bond acceptors (Lipinski definition) is 6. The van der Waals surface area contributed by atoms with Crippen molar-refractivity contribution < 1.29 is 14.5 Å². The molecule has 2 aromatic rings. The summed E-state index contributed by atoms with van der Waals surface area (Å²) in [6.07, 6.45) is 3.66. The number of nitro groups is 1. The predicted octanol–water partition coefficient (Wildman–Crippen LogP) is 2.67. The second-order valence-corrected chi connectivity index (χ2v) is 6.33. The van der Waals surface area contributed by atoms with Gasteiger partial charge in [-0.3, -0.25) is 24.6 Å². The zero-order valence-electron chi connectivity index (χ0n) is 15.0. The maximum Gasteiger partial charge on any atom is 0.269 e. The molecule has 2 heterocycles. The third-order valence-corrected chi connectivity index (χ3v) is 4.17. The molecule has 0 unspecified atom stereocenters. The van der Waals surface area contributed by atoms with Crippen LogP contribution in [-0.2, 0) is 0 Å². The summed E-state index contributed by atoms with van der Waals surface area (Å²) in [5.41, 5.74) is 1.16. The molecule has 0 saturated carbocycles. The van der Waals surface area contributed by atoms with Crippen molar-refractivity contribution in [3.05, 3.63) is 75.6 Å². The maximum absolute atomic E-state index is 13.0. The lowest BCUT2D eigenvalue weighted by Gasteiger charge is -2.21. The van der Waals surface area contributed by atoms with Gasteiger partial charge in [-0.05, 0) is 30.7 Å². The average molecular weight is 366 g/mol. The molecule has 0 atom stereocenters. The largest absolute Gasteiger partial charge is 0.383 e. The maximum atomic E-state index is 13.0. The molecular formula is C19H18N4O4. The van der Waals surface area contributed by atoms with E-state index in [9.17, 15) is 19.7 Å². The number of carbonyl (C=O) groups excluding carboxylic acids is 2. The number of amides is 1. The Balaban J connectivity index is 2.00. The molecule has 0 radical (unpaired) electrons. The van der Waals surface area contributed by atoms with Crippen LogP contribution in [0.15, 0.2) is 54.4 Å². The summed E-state index contributed by atoms with van der Waals surface area (Å²) in [6, 6.07) is 8.69. The van der Waals surface area contributed by atoms with Crippen molar-refractivity contribution in [1.29, 1.82) is 0 Å². The average Bonchev–Trinajstić information content (AvgIpc) is 2.79. The first-order valence-electron chi connectivity index (χ1n) is 8.31. The van der Waals surface area contributed by atoms with Crippen molar-refractivity contribution in [2.45, 2.75) is 6.42 Å². The monoisotopic (exact) mass is 366 g/mol. The van der Waals surface area contributed by atoms with Gasteiger partial charge in [-0.15, -0.1) is 0 Å². The number of nitrogens with zero attached hydrogens (tertiary/aromatic N) is 4. The van der Waals surface area contributed by atoms with Crippen molar-refractivity contribution in [2.75, 3.05) is 25.5 Å². The van der Waals surface area contributed by atoms with E-state index in [0.29, 0.717) is 28.9 Å². The number of benzene rings is 1. The van der Waals surface area contributed by atoms with Gasteiger partial charge in [0.15, 0.2) is 5.78 Å². The normalized spacial score (nSPS) is 15.3. The molecule has 1 aromatic carbocycles. The number of non-ortho nitro benzene ring substituents is 1. The summed E-state index contributed by atoms with van der Waals surface area (Å²) in [5.74, 6) is -0.220. The number of hydrogen-bond donors (Lipinski definition) is 0. The van der Waals surface area contributed by atoms with Gasteiger partial charge >= 0.3 is 0 Å². The second kappa shape index (κ2) is 7.36. The highest BCUT2D eigenvalue weighted by molar-refractivity contribution is 6.16. The zero-order chi connectivity index (χ0) is 19.6. The van der Waals surface area contributed by atoms with E-state index >= 15 is 0 Å². The van der Waals surface area contributed by atoms with E-state index in [2.05, 4.69) is 4.98 Å². The molecule has 8 heteroatoms. The lowest BCUT2D eigenvalue weighted by Crippen LogP contribution is -2.32. The smallest absolute Gasteiger partial charge is 0.269 e. The highest BCUT2D eigenvalue weighted by Gasteiger charge is 2.29. The van der Waals surface area contributed by atoms with Gasteiger partial charge in [-0.2, -0.15) is 0 Å². The zero-order valence-corrected chi connectivity index (χ0v) is 15.0. The third-order valence-electron chi connectivity index (χ3n) is 4.17. The topological polar surface area (TPSA) is 96.7 Å². The van der Waals surface area contributed by atoms with Gasteiger partial charge in [0.1, 0.15) is 5.82 Å². The molecule has 0 aliphatic carbocycles. The summed E-state index contributed by atoms with van der Waals surface area (Å²) < 4.78 is 0. The predicted molar refractivity (Wildman–Crippen MR) is 99.7 cm³/mol. The van der Waals surface area contributed by atoms with Crippen LogP contribution in [0.4, 0.5) is 11.5 Å². The first-order valence-corrected chi connectivity index (χ1v) is 8.31. The van der Waals surface area contributed by atoms with Crippen LogP contribution < -0.4 is 4.90 Å². The number of rotatable bonds is 3. The number of carbonyl (C=O) groups is 2. The lowest BCUT2D eigenvalue weighted by atomic mass is 10.0. The van der Waals surface area contributed by atoms with Crippen LogP contribution in [0, 0.1) is 10.1 Å². The molecule has 3 rings (SSSR count). The fourth-order valence-electron chi connectivity index (χ4n) is 2.93. The number of Topliss-reactive ketones (excluding diaryl/α,β-unsaturated/α-hetero) is 1. The number of nitro benzene ring substituents is 1. The molecule has 0 bridgehead atoms. The minimum absolute atomic E-state index is 0.0904. The fourth-order valence-corrected chi connectivity index (χ4v) is 2.93. The molecule has 1 amide bonds. The van der Waals surface area contributed by atoms with Crippen molar-refractivity contribution in [3.8, 4) is 0 Å². The Labute approximate surface area is 155 Å². The Morgan fingerprint density at radius 3 is 2.59 bits per heavy atom. The molecular weight excluding hydrogens is 348 g/mol. The minimum atomic E-state index is -0.520. The lowest BCUT2D eigenvalue weighted by molar-refractivity contribution is -0.384. The standard InChI is InChI=1S/C19H18N4O4/c1-21(2)12-14-9-11-22(18-16(17(14)24)4-3-10-20-18)19(25)13-5-7-15(8-6-13)23(26)27/h3-8,10,12H,9,11H2,1-2H3/b14-12-. The third kappa shape index (κ3) is 3.69. The van der Waals surface area contributed by atoms with Gasteiger partial charge in [0.05, 0.1) is 10.5 Å². The van der Waals surface area contributed by atoms with Gasteiger partial charge in [0.25, 0.3) is 11.6 Å². The minimum Gasteiger partial charge on any atom is -0.383 e. The van der Waals surface area contributed by atoms with E-state index in [4.69, 9.17) is 0 Å². The van der Waals surface area contributed by atoms with E-state index in [1.165, 1.54) is 35.4 Å². The SMILES string of the molecule is CN(C)/C=C1/CCN(C(=O)c2ccc([N+](=O)[O-])cc2)c2ncccc2C1=O. The second-order valence-electron chi connectivity index (χ2n) is 6.33. The molecule has 1 aromatic heterocycles. The van der Waals surface area contributed by atoms with Gasteiger partial charge in [-0.1, -0.05) is 0 Å². The number of ketones is 1. The Kier molecular flexibility index (Phi) is 4.98. The van der Waals surface area contributed by atoms with E-state index in [1.54, 1.807) is 23.2 Å². The van der Waals surface area contributed by atoms with E-state index < -0.39 is 4.92 Å². The Morgan fingerprint density at radius 1 is 1.26 bits per heavy atom. The highest BCUT2D eigenvalue weighted by atomic mass is 16.6. The first kappa shape index (κ1) is 18.2. The van der Waals surface area contributed by atoms with E-state index in [1.807, 2.05) is 14.1 Å². The van der Waals surface area contributed by atoms with Crippen molar-refractivity contribution in [2.24, 2.45) is 0 Å². The molecule has 27 heavy (non-hydrogen) atoms. The number of pyridine rings is 1. The highest BCUT2D eigenvalue weighted by Crippen LogP contribution is 2.28. The fraction of sp³-hybridized carbons (Fsp3) is 0.211. The van der Waals surface area contributed by atoms with Crippen molar-refractivity contribution >= 4 is 23.2 Å². The van der Waals surface area contributed by atoms with Gasteiger partial charge in [-0.25, -0.2) is 4.98 Å². The number of fused-ring (bicyclic) bond motifs is 1. The Bertz CT molecular complexity index is 935. The van der Waals surface area contributed by atoms with Gasteiger partial charge in [0, 0.05) is 56.3 Å². The first-order chi connectivity index (χ1) is 12.9. The van der Waals surface area contributed by atoms with Crippen LogP contribution in [-0.4, -0.2) is 47.1 Å². The Morgan fingerprint density at radius 2 is 1.96 bits per heavy atom. The molecule has 0 spiro atoms. The van der Waals surface area contributed by atoms with Crippen LogP contribution in [0.2, 0.25) is 0 Å². The van der Waals surface area contributed by atoms with Crippen LogP contribution >= 0.6 is 0 Å². The van der Waals surface area contributed by atoms with Crippen molar-refractivity contribution in [1.82, 2.24) is 9.88 Å². The molecule has 8 nitrogen and oxygen atoms in total. The van der Waals surface area contributed by atoms with Crippen LogP contribution in [0.25, 0.3) is 0 Å². The molecule has 138 valence electrons. The van der Waals surface area contributed by atoms with Gasteiger partial charge < -0.3 is 4.90 Å². The van der Waals surface area contributed by atoms with Crippen LogP contribution in [0.3, 0.4) is 0 Å². The quantitative estimate of drug-likeness (QED) is 0.471. The van der Waals surface area contributed by atoms with E-state index in [-0.39, 0.29) is 23.9 Å². The van der Waals surface area contributed by atoms with Crippen LogP contribution in [0.1, 0.15) is 27.1 Å². The summed E-state index contributed by atoms with van der Waals surface area (Å²) in [7, 11) is 3.66. The summed E-state index contributed by atoms with van der Waals surface area (Å²) in [4.78, 5) is 43.6. The number of anilines is 1. The van der Waals surface area contributed by atoms with Crippen LogP contribution in [0.5, 0.6) is 0 Å². The molecule has 1 aliphatic rings. The number of aromatic nitrogens is 1. The Hall–Kier alpha value is -3.55. The molecule has 0 saturated heterocycles.